The maximum absolute atomic E-state index is 13.0. The van der Waals surface area contributed by atoms with Gasteiger partial charge in [0.1, 0.15) is 5.82 Å². The van der Waals surface area contributed by atoms with Crippen molar-refractivity contribution in [3.8, 4) is 5.69 Å². The first-order valence-corrected chi connectivity index (χ1v) is 11.7. The number of piperidine rings is 1. The van der Waals surface area contributed by atoms with Crippen molar-refractivity contribution in [3.05, 3.63) is 84.4 Å². The summed E-state index contributed by atoms with van der Waals surface area (Å²) in [6, 6.07) is 16.3. The van der Waals surface area contributed by atoms with Gasteiger partial charge in [0.2, 0.25) is 15.9 Å². The van der Waals surface area contributed by atoms with Crippen molar-refractivity contribution in [3.63, 3.8) is 0 Å². The molecule has 0 bridgehead atoms. The second kappa shape index (κ2) is 9.03. The largest absolute Gasteiger partial charge is 0.342 e. The maximum Gasteiger partial charge on any atom is 0.240 e. The summed E-state index contributed by atoms with van der Waals surface area (Å²) in [7, 11) is -3.71. The Morgan fingerprint density at radius 1 is 0.968 bits per heavy atom. The van der Waals surface area contributed by atoms with Crippen LogP contribution in [0.1, 0.15) is 18.4 Å². The van der Waals surface area contributed by atoms with Crippen LogP contribution >= 0.6 is 0 Å². The van der Waals surface area contributed by atoms with Crippen LogP contribution < -0.4 is 4.72 Å². The first-order chi connectivity index (χ1) is 14.9. The van der Waals surface area contributed by atoms with Gasteiger partial charge in [-0.3, -0.25) is 4.79 Å². The smallest absolute Gasteiger partial charge is 0.240 e. The average Bonchev–Trinajstić information content (AvgIpc) is 3.30. The Morgan fingerprint density at radius 2 is 1.58 bits per heavy atom. The van der Waals surface area contributed by atoms with Gasteiger partial charge in [-0.25, -0.2) is 17.5 Å². The van der Waals surface area contributed by atoms with Gasteiger partial charge in [-0.2, -0.15) is 0 Å². The van der Waals surface area contributed by atoms with E-state index in [2.05, 4.69) is 4.72 Å². The van der Waals surface area contributed by atoms with Crippen LogP contribution in [-0.2, 0) is 21.2 Å². The lowest BCUT2D eigenvalue weighted by Crippen LogP contribution is -2.46. The molecule has 6 nitrogen and oxygen atoms in total. The number of carbonyl (C=O) groups is 1. The average molecular weight is 442 g/mol. The van der Waals surface area contributed by atoms with Crippen molar-refractivity contribution < 1.29 is 17.6 Å². The van der Waals surface area contributed by atoms with E-state index in [1.54, 1.807) is 4.90 Å². The van der Waals surface area contributed by atoms with Crippen molar-refractivity contribution in [2.75, 3.05) is 13.1 Å². The van der Waals surface area contributed by atoms with Crippen LogP contribution in [-0.4, -0.2) is 42.9 Å². The Labute approximate surface area is 181 Å². The van der Waals surface area contributed by atoms with Gasteiger partial charge < -0.3 is 9.47 Å². The van der Waals surface area contributed by atoms with Crippen LogP contribution in [0.3, 0.4) is 0 Å². The standard InChI is InChI=1S/C23H24FN3O3S/c24-19-5-9-22(10-6-19)31(29,30)25-20-11-15-27(16-12-20)23(28)17-18-3-7-21(8-4-18)26-13-1-2-14-26/h1-10,13-14,20,25H,11-12,15-17H2. The summed E-state index contributed by atoms with van der Waals surface area (Å²) in [4.78, 5) is 14.5. The van der Waals surface area contributed by atoms with E-state index in [0.717, 1.165) is 23.4 Å². The van der Waals surface area contributed by atoms with Gasteiger partial charge in [0.25, 0.3) is 0 Å². The fourth-order valence-electron chi connectivity index (χ4n) is 3.73. The topological polar surface area (TPSA) is 71.4 Å². The summed E-state index contributed by atoms with van der Waals surface area (Å²) in [6.45, 7) is 0.994. The summed E-state index contributed by atoms with van der Waals surface area (Å²) in [5, 5.41) is 0. The molecule has 1 aliphatic rings. The summed E-state index contributed by atoms with van der Waals surface area (Å²) in [5.41, 5.74) is 1.98. The number of rotatable bonds is 6. The molecular formula is C23H24FN3O3S. The molecule has 1 saturated heterocycles. The number of sulfonamides is 1. The molecular weight excluding hydrogens is 417 g/mol. The molecule has 2 heterocycles. The molecule has 2 aromatic carbocycles. The van der Waals surface area contributed by atoms with Crippen LogP contribution in [0.5, 0.6) is 0 Å². The number of amides is 1. The molecule has 0 atom stereocenters. The van der Waals surface area contributed by atoms with Gasteiger partial charge in [-0.05, 0) is 66.9 Å². The number of halogens is 1. The van der Waals surface area contributed by atoms with Gasteiger partial charge in [-0.1, -0.05) is 12.1 Å². The van der Waals surface area contributed by atoms with Crippen LogP contribution in [0.15, 0.2) is 78.0 Å². The third kappa shape index (κ3) is 5.21. The molecule has 0 aliphatic carbocycles. The van der Waals surface area contributed by atoms with Gasteiger partial charge in [0.15, 0.2) is 0 Å². The predicted octanol–water partition coefficient (Wildman–Crippen LogP) is 3.13. The van der Waals surface area contributed by atoms with Crippen molar-refractivity contribution >= 4 is 15.9 Å². The van der Waals surface area contributed by atoms with E-state index in [1.165, 1.54) is 12.1 Å². The molecule has 1 aliphatic heterocycles. The summed E-state index contributed by atoms with van der Waals surface area (Å²) in [6.07, 6.45) is 5.33. The monoisotopic (exact) mass is 441 g/mol. The first-order valence-electron chi connectivity index (χ1n) is 10.2. The molecule has 1 N–H and O–H groups in total. The highest BCUT2D eigenvalue weighted by Gasteiger charge is 2.26. The second-order valence-corrected chi connectivity index (χ2v) is 9.38. The van der Waals surface area contributed by atoms with Crippen LogP contribution in [0, 0.1) is 5.82 Å². The van der Waals surface area contributed by atoms with E-state index >= 15 is 0 Å². The minimum atomic E-state index is -3.71. The van der Waals surface area contributed by atoms with Crippen LogP contribution in [0.2, 0.25) is 0 Å². The molecule has 3 aromatic rings. The van der Waals surface area contributed by atoms with E-state index in [9.17, 15) is 17.6 Å². The van der Waals surface area contributed by atoms with Gasteiger partial charge in [-0.15, -0.1) is 0 Å². The molecule has 0 saturated carbocycles. The van der Waals surface area contributed by atoms with E-state index in [4.69, 9.17) is 0 Å². The normalized spacial score (nSPS) is 15.2. The number of carbonyl (C=O) groups excluding carboxylic acids is 1. The number of aromatic nitrogens is 1. The fraction of sp³-hybridized carbons (Fsp3) is 0.261. The summed E-state index contributed by atoms with van der Waals surface area (Å²) < 4.78 is 42.6. The predicted molar refractivity (Wildman–Crippen MR) is 116 cm³/mol. The van der Waals surface area contributed by atoms with E-state index < -0.39 is 15.8 Å². The minimum absolute atomic E-state index is 0.0357. The summed E-state index contributed by atoms with van der Waals surface area (Å²) >= 11 is 0. The fourth-order valence-corrected chi connectivity index (χ4v) is 5.03. The Morgan fingerprint density at radius 3 is 2.19 bits per heavy atom. The van der Waals surface area contributed by atoms with E-state index in [1.807, 2.05) is 53.4 Å². The lowest BCUT2D eigenvalue weighted by molar-refractivity contribution is -0.131. The molecule has 1 amide bonds. The molecule has 162 valence electrons. The van der Waals surface area contributed by atoms with Crippen molar-refractivity contribution in [2.24, 2.45) is 0 Å². The highest BCUT2D eigenvalue weighted by atomic mass is 32.2. The quantitative estimate of drug-likeness (QED) is 0.639. The number of likely N-dealkylation sites (tertiary alicyclic amines) is 1. The molecule has 0 radical (unpaired) electrons. The molecule has 1 aromatic heterocycles. The Bertz CT molecular complexity index is 1120. The number of hydrogen-bond donors (Lipinski definition) is 1. The zero-order chi connectivity index (χ0) is 21.8. The van der Waals surface area contributed by atoms with Gasteiger partial charge >= 0.3 is 0 Å². The van der Waals surface area contributed by atoms with Crippen molar-refractivity contribution in [1.29, 1.82) is 0 Å². The lowest BCUT2D eigenvalue weighted by atomic mass is 10.0. The number of nitrogens with one attached hydrogen (secondary N) is 1. The highest BCUT2D eigenvalue weighted by molar-refractivity contribution is 7.89. The first kappa shape index (κ1) is 21.3. The van der Waals surface area contributed by atoms with Gasteiger partial charge in [0.05, 0.1) is 11.3 Å². The molecule has 4 rings (SSSR count). The molecule has 0 spiro atoms. The number of hydrogen-bond acceptors (Lipinski definition) is 3. The minimum Gasteiger partial charge on any atom is -0.342 e. The SMILES string of the molecule is O=C(Cc1ccc(-n2cccc2)cc1)N1CCC(NS(=O)(=O)c2ccc(F)cc2)CC1. The highest BCUT2D eigenvalue weighted by Crippen LogP contribution is 2.17. The van der Waals surface area contributed by atoms with Gasteiger partial charge in [0, 0.05) is 37.2 Å². The molecule has 1 fully saturated rings. The third-order valence-corrected chi connectivity index (χ3v) is 7.02. The Balaban J connectivity index is 1.29. The van der Waals surface area contributed by atoms with Crippen LogP contribution in [0.4, 0.5) is 4.39 Å². The Hall–Kier alpha value is -2.97. The van der Waals surface area contributed by atoms with Crippen LogP contribution in [0.25, 0.3) is 5.69 Å². The number of nitrogens with zero attached hydrogens (tertiary/aromatic N) is 2. The van der Waals surface area contributed by atoms with E-state index in [-0.39, 0.29) is 16.8 Å². The second-order valence-electron chi connectivity index (χ2n) is 7.66. The van der Waals surface area contributed by atoms with E-state index in [0.29, 0.717) is 32.4 Å². The van der Waals surface area contributed by atoms with Crippen molar-refractivity contribution in [2.45, 2.75) is 30.2 Å². The zero-order valence-electron chi connectivity index (χ0n) is 16.9. The lowest BCUT2D eigenvalue weighted by Gasteiger charge is -2.32. The molecule has 0 unspecified atom stereocenters. The molecule has 8 heteroatoms. The summed E-state index contributed by atoms with van der Waals surface area (Å²) in [5.74, 6) is -0.446. The van der Waals surface area contributed by atoms with Crippen molar-refractivity contribution in [1.82, 2.24) is 14.2 Å². The number of benzene rings is 2. The maximum atomic E-state index is 13.0. The zero-order valence-corrected chi connectivity index (χ0v) is 17.8. The third-order valence-electron chi connectivity index (χ3n) is 5.49. The Kier molecular flexibility index (Phi) is 6.20. The molecule has 31 heavy (non-hydrogen) atoms.